The predicted octanol–water partition coefficient (Wildman–Crippen LogP) is 3.45. The van der Waals surface area contributed by atoms with E-state index in [0.29, 0.717) is 30.8 Å². The number of ether oxygens (including phenoxy) is 1. The monoisotopic (exact) mass is 391 g/mol. The van der Waals surface area contributed by atoms with Crippen molar-refractivity contribution < 1.29 is 17.9 Å². The average molecular weight is 392 g/mol. The fourth-order valence-electron chi connectivity index (χ4n) is 4.63. The maximum absolute atomic E-state index is 13.0. The van der Waals surface area contributed by atoms with Gasteiger partial charge < -0.3 is 4.74 Å². The van der Waals surface area contributed by atoms with Gasteiger partial charge in [-0.2, -0.15) is 4.31 Å². The molecule has 1 aromatic carbocycles. The van der Waals surface area contributed by atoms with Crippen LogP contribution in [-0.4, -0.2) is 37.9 Å². The number of esters is 1. The summed E-state index contributed by atoms with van der Waals surface area (Å²) in [6.45, 7) is 0.785. The summed E-state index contributed by atoms with van der Waals surface area (Å²) >= 11 is 0. The van der Waals surface area contributed by atoms with E-state index in [4.69, 9.17) is 4.74 Å². The lowest BCUT2D eigenvalue weighted by molar-refractivity contribution is -0.156. The summed E-state index contributed by atoms with van der Waals surface area (Å²) in [6, 6.07) is 5.55. The normalized spacial score (nSPS) is 22.5. The predicted molar refractivity (Wildman–Crippen MR) is 103 cm³/mol. The first kappa shape index (κ1) is 18.9. The molecule has 0 bridgehead atoms. The third-order valence-electron chi connectivity index (χ3n) is 6.33. The molecule has 0 amide bonds. The quantitative estimate of drug-likeness (QED) is 0.738. The highest BCUT2D eigenvalue weighted by molar-refractivity contribution is 7.89. The van der Waals surface area contributed by atoms with Crippen LogP contribution in [0.4, 0.5) is 0 Å². The van der Waals surface area contributed by atoms with E-state index >= 15 is 0 Å². The van der Waals surface area contributed by atoms with Crippen molar-refractivity contribution in [1.29, 1.82) is 0 Å². The van der Waals surface area contributed by atoms with Crippen LogP contribution in [-0.2, 0) is 32.4 Å². The molecule has 6 heteroatoms. The molecule has 5 nitrogen and oxygen atoms in total. The van der Waals surface area contributed by atoms with Gasteiger partial charge in [-0.1, -0.05) is 12.5 Å². The molecule has 0 aromatic heterocycles. The SMILES string of the molecule is O=C(OC1CCCCC1)C1CCN(S(=O)(=O)c2ccc3c(c2)CCC3)CC1. The number of nitrogens with zero attached hydrogens (tertiary/aromatic N) is 1. The molecule has 1 aliphatic heterocycles. The van der Waals surface area contributed by atoms with E-state index in [1.807, 2.05) is 12.1 Å². The highest BCUT2D eigenvalue weighted by atomic mass is 32.2. The van der Waals surface area contributed by atoms with Gasteiger partial charge in [0.05, 0.1) is 10.8 Å². The van der Waals surface area contributed by atoms with E-state index in [0.717, 1.165) is 44.9 Å². The minimum absolute atomic E-state index is 0.0689. The number of sulfonamides is 1. The molecule has 2 fully saturated rings. The Morgan fingerprint density at radius 2 is 1.63 bits per heavy atom. The second-order valence-electron chi connectivity index (χ2n) is 8.16. The van der Waals surface area contributed by atoms with E-state index in [1.165, 1.54) is 21.9 Å². The Balaban J connectivity index is 1.36. The fraction of sp³-hybridized carbons (Fsp3) is 0.667. The highest BCUT2D eigenvalue weighted by Crippen LogP contribution is 2.29. The summed E-state index contributed by atoms with van der Waals surface area (Å²) < 4.78 is 33.2. The Hall–Kier alpha value is -1.40. The number of carbonyl (C=O) groups excluding carboxylic acids is 1. The largest absolute Gasteiger partial charge is 0.462 e. The third-order valence-corrected chi connectivity index (χ3v) is 8.22. The van der Waals surface area contributed by atoms with E-state index in [1.54, 1.807) is 6.07 Å². The summed E-state index contributed by atoms with van der Waals surface area (Å²) in [6.07, 6.45) is 9.72. The van der Waals surface area contributed by atoms with E-state index in [-0.39, 0.29) is 18.0 Å². The van der Waals surface area contributed by atoms with Crippen molar-refractivity contribution in [2.75, 3.05) is 13.1 Å². The average Bonchev–Trinajstić information content (AvgIpc) is 3.17. The van der Waals surface area contributed by atoms with Gasteiger partial charge in [0.2, 0.25) is 10.0 Å². The lowest BCUT2D eigenvalue weighted by atomic mass is 9.96. The number of rotatable bonds is 4. The van der Waals surface area contributed by atoms with Gasteiger partial charge in [-0.05, 0) is 81.0 Å². The maximum atomic E-state index is 13.0. The van der Waals surface area contributed by atoms with Crippen LogP contribution in [0.25, 0.3) is 0 Å². The Morgan fingerprint density at radius 1 is 0.926 bits per heavy atom. The lowest BCUT2D eigenvalue weighted by Gasteiger charge is -2.31. The molecule has 0 spiro atoms. The van der Waals surface area contributed by atoms with Crippen molar-refractivity contribution in [1.82, 2.24) is 4.31 Å². The van der Waals surface area contributed by atoms with Crippen LogP contribution in [0.15, 0.2) is 23.1 Å². The van der Waals surface area contributed by atoms with Crippen LogP contribution < -0.4 is 0 Å². The Bertz CT molecular complexity index is 790. The molecule has 2 aliphatic carbocycles. The van der Waals surface area contributed by atoms with Crippen molar-refractivity contribution in [3.63, 3.8) is 0 Å². The number of carbonyl (C=O) groups is 1. The van der Waals surface area contributed by atoms with Gasteiger partial charge in [0.1, 0.15) is 6.10 Å². The number of hydrogen-bond acceptors (Lipinski definition) is 4. The summed E-state index contributed by atoms with van der Waals surface area (Å²) in [5.74, 6) is -0.296. The summed E-state index contributed by atoms with van der Waals surface area (Å²) in [5.41, 5.74) is 2.44. The topological polar surface area (TPSA) is 63.7 Å². The minimum atomic E-state index is -3.48. The Labute approximate surface area is 162 Å². The molecule has 3 aliphatic rings. The van der Waals surface area contributed by atoms with Gasteiger partial charge in [0.15, 0.2) is 0 Å². The van der Waals surface area contributed by atoms with Crippen molar-refractivity contribution >= 4 is 16.0 Å². The summed E-state index contributed by atoms with van der Waals surface area (Å²) in [5, 5.41) is 0. The second-order valence-corrected chi connectivity index (χ2v) is 10.1. The Morgan fingerprint density at radius 3 is 2.37 bits per heavy atom. The molecular formula is C21H29NO4S. The van der Waals surface area contributed by atoms with Gasteiger partial charge in [-0.15, -0.1) is 0 Å². The molecule has 1 aromatic rings. The molecule has 27 heavy (non-hydrogen) atoms. The molecule has 0 N–H and O–H groups in total. The van der Waals surface area contributed by atoms with E-state index < -0.39 is 10.0 Å². The zero-order valence-corrected chi connectivity index (χ0v) is 16.7. The molecule has 0 radical (unpaired) electrons. The molecule has 148 valence electrons. The standard InChI is InChI=1S/C21H29NO4S/c23-21(26-19-7-2-1-3-8-19)17-11-13-22(14-12-17)27(24,25)20-10-9-16-5-4-6-18(16)15-20/h9-10,15,17,19H,1-8,11-14H2. The van der Waals surface area contributed by atoms with Crippen LogP contribution in [0, 0.1) is 5.92 Å². The van der Waals surface area contributed by atoms with Gasteiger partial charge >= 0.3 is 5.97 Å². The Kier molecular flexibility index (Phi) is 5.55. The van der Waals surface area contributed by atoms with Gasteiger partial charge in [-0.25, -0.2) is 8.42 Å². The van der Waals surface area contributed by atoms with Crippen LogP contribution in [0.5, 0.6) is 0 Å². The first-order chi connectivity index (χ1) is 13.0. The van der Waals surface area contributed by atoms with Gasteiger partial charge in [-0.3, -0.25) is 4.79 Å². The smallest absolute Gasteiger partial charge is 0.309 e. The van der Waals surface area contributed by atoms with Gasteiger partial charge in [0.25, 0.3) is 0 Å². The van der Waals surface area contributed by atoms with E-state index in [2.05, 4.69) is 0 Å². The highest BCUT2D eigenvalue weighted by Gasteiger charge is 2.34. The number of benzene rings is 1. The number of piperidine rings is 1. The van der Waals surface area contributed by atoms with Gasteiger partial charge in [0, 0.05) is 13.1 Å². The van der Waals surface area contributed by atoms with Crippen LogP contribution in [0.3, 0.4) is 0 Å². The molecule has 4 rings (SSSR count). The van der Waals surface area contributed by atoms with Crippen molar-refractivity contribution in [2.24, 2.45) is 5.92 Å². The first-order valence-corrected chi connectivity index (χ1v) is 11.8. The summed E-state index contributed by atoms with van der Waals surface area (Å²) in [7, 11) is -3.48. The zero-order valence-electron chi connectivity index (χ0n) is 15.9. The first-order valence-electron chi connectivity index (χ1n) is 10.4. The van der Waals surface area contributed by atoms with Crippen LogP contribution >= 0.6 is 0 Å². The van der Waals surface area contributed by atoms with Crippen molar-refractivity contribution in [3.05, 3.63) is 29.3 Å². The number of aryl methyl sites for hydroxylation is 2. The lowest BCUT2D eigenvalue weighted by Crippen LogP contribution is -2.41. The molecule has 0 unspecified atom stereocenters. The van der Waals surface area contributed by atoms with Crippen LogP contribution in [0.2, 0.25) is 0 Å². The second kappa shape index (κ2) is 7.92. The maximum Gasteiger partial charge on any atom is 0.309 e. The molecular weight excluding hydrogens is 362 g/mol. The molecule has 0 atom stereocenters. The molecule has 1 saturated carbocycles. The number of hydrogen-bond donors (Lipinski definition) is 0. The van der Waals surface area contributed by atoms with Crippen molar-refractivity contribution in [3.8, 4) is 0 Å². The molecule has 1 saturated heterocycles. The number of fused-ring (bicyclic) bond motifs is 1. The molecule has 1 heterocycles. The summed E-state index contributed by atoms with van der Waals surface area (Å²) in [4.78, 5) is 12.8. The minimum Gasteiger partial charge on any atom is -0.462 e. The van der Waals surface area contributed by atoms with Crippen molar-refractivity contribution in [2.45, 2.75) is 75.2 Å². The van der Waals surface area contributed by atoms with Crippen LogP contribution in [0.1, 0.15) is 62.5 Å². The zero-order chi connectivity index (χ0) is 18.9. The third kappa shape index (κ3) is 4.06. The van der Waals surface area contributed by atoms with E-state index in [9.17, 15) is 13.2 Å². The fourth-order valence-corrected chi connectivity index (χ4v) is 6.15.